The number of benzene rings is 1. The number of amides is 1. The molecule has 0 saturated carbocycles. The first-order chi connectivity index (χ1) is 11.3. The molecule has 0 aliphatic rings. The summed E-state index contributed by atoms with van der Waals surface area (Å²) in [6, 6.07) is 7.63. The third-order valence-corrected chi connectivity index (χ3v) is 4.23. The number of carbonyl (C=O) groups is 1. The van der Waals surface area contributed by atoms with E-state index in [0.717, 1.165) is 11.4 Å². The monoisotopic (exact) mass is 348 g/mol. The average Bonchev–Trinajstić information content (AvgIpc) is 2.98. The Labute approximate surface area is 148 Å². The molecule has 0 radical (unpaired) electrons. The van der Waals surface area contributed by atoms with E-state index in [1.165, 1.54) is 0 Å². The van der Waals surface area contributed by atoms with Crippen LogP contribution in [0.15, 0.2) is 30.6 Å². The van der Waals surface area contributed by atoms with Gasteiger partial charge in [-0.1, -0.05) is 51.4 Å². The Kier molecular flexibility index (Phi) is 5.99. The van der Waals surface area contributed by atoms with Crippen molar-refractivity contribution in [3.63, 3.8) is 0 Å². The fourth-order valence-electron chi connectivity index (χ4n) is 2.61. The van der Waals surface area contributed by atoms with Gasteiger partial charge in [-0.2, -0.15) is 0 Å². The molecule has 0 unspecified atom stereocenters. The van der Waals surface area contributed by atoms with E-state index in [9.17, 15) is 4.79 Å². The lowest BCUT2D eigenvalue weighted by Crippen LogP contribution is -2.39. The first-order valence-electron chi connectivity index (χ1n) is 8.20. The summed E-state index contributed by atoms with van der Waals surface area (Å²) in [6.07, 6.45) is 2.38. The number of aromatic nitrogens is 3. The second kappa shape index (κ2) is 7.79. The first-order valence-corrected chi connectivity index (χ1v) is 8.58. The summed E-state index contributed by atoms with van der Waals surface area (Å²) in [5, 5.41) is 11.8. The first kappa shape index (κ1) is 18.5. The summed E-state index contributed by atoms with van der Waals surface area (Å²) in [6.45, 7) is 9.29. The molecular weight excluding hydrogens is 324 g/mol. The molecule has 1 N–H and O–H groups in total. The van der Waals surface area contributed by atoms with E-state index >= 15 is 0 Å². The minimum absolute atomic E-state index is 0.0385. The molecule has 1 heterocycles. The number of nitrogens with one attached hydrogen (secondary N) is 1. The molecule has 5 nitrogen and oxygen atoms in total. The summed E-state index contributed by atoms with van der Waals surface area (Å²) < 4.78 is 1.98. The van der Waals surface area contributed by atoms with Crippen molar-refractivity contribution in [1.82, 2.24) is 20.1 Å². The van der Waals surface area contributed by atoms with Gasteiger partial charge in [-0.3, -0.25) is 4.79 Å². The van der Waals surface area contributed by atoms with Gasteiger partial charge in [-0.25, -0.2) is 0 Å². The summed E-state index contributed by atoms with van der Waals surface area (Å²) in [4.78, 5) is 12.5. The highest BCUT2D eigenvalue weighted by atomic mass is 35.5. The van der Waals surface area contributed by atoms with Crippen molar-refractivity contribution in [3.8, 4) is 0 Å². The lowest BCUT2D eigenvalue weighted by molar-refractivity contribution is -0.129. The van der Waals surface area contributed by atoms with Crippen LogP contribution in [0.3, 0.4) is 0 Å². The van der Waals surface area contributed by atoms with Crippen LogP contribution in [-0.2, 0) is 17.8 Å². The molecule has 0 spiro atoms. The molecule has 0 saturated heterocycles. The van der Waals surface area contributed by atoms with Crippen LogP contribution in [0.25, 0.3) is 0 Å². The van der Waals surface area contributed by atoms with Gasteiger partial charge in [-0.15, -0.1) is 10.2 Å². The van der Waals surface area contributed by atoms with E-state index in [0.29, 0.717) is 30.5 Å². The third kappa shape index (κ3) is 4.81. The zero-order valence-electron chi connectivity index (χ0n) is 14.7. The van der Waals surface area contributed by atoms with Crippen molar-refractivity contribution in [2.45, 2.75) is 46.6 Å². The number of nitrogens with zero attached hydrogens (tertiary/aromatic N) is 3. The number of halogens is 1. The lowest BCUT2D eigenvalue weighted by Gasteiger charge is -2.24. The largest absolute Gasteiger partial charge is 0.354 e. The van der Waals surface area contributed by atoms with E-state index in [-0.39, 0.29) is 5.91 Å². The van der Waals surface area contributed by atoms with Crippen molar-refractivity contribution < 1.29 is 4.79 Å². The molecule has 6 heteroatoms. The minimum atomic E-state index is -0.484. The molecule has 2 aromatic rings. The molecule has 130 valence electrons. The Hall–Kier alpha value is -1.88. The van der Waals surface area contributed by atoms with Gasteiger partial charge in [0, 0.05) is 29.4 Å². The van der Waals surface area contributed by atoms with Crippen LogP contribution in [0.5, 0.6) is 0 Å². The number of rotatable bonds is 7. The maximum Gasteiger partial charge on any atom is 0.226 e. The SMILES string of the molecule is CC(C)c1nncn1CCNC(=O)C(C)(C)Cc1ccc(Cl)cc1. The predicted molar refractivity (Wildman–Crippen MR) is 96.1 cm³/mol. The fourth-order valence-corrected chi connectivity index (χ4v) is 2.73. The Morgan fingerprint density at radius 1 is 1.29 bits per heavy atom. The summed E-state index contributed by atoms with van der Waals surface area (Å²) in [5.41, 5.74) is 0.613. The number of hydrogen-bond donors (Lipinski definition) is 1. The molecule has 24 heavy (non-hydrogen) atoms. The Bertz CT molecular complexity index is 677. The van der Waals surface area contributed by atoms with Gasteiger partial charge >= 0.3 is 0 Å². The van der Waals surface area contributed by atoms with Crippen molar-refractivity contribution in [2.75, 3.05) is 6.54 Å². The maximum atomic E-state index is 12.5. The van der Waals surface area contributed by atoms with E-state index in [1.807, 2.05) is 42.7 Å². The zero-order chi connectivity index (χ0) is 17.7. The van der Waals surface area contributed by atoms with Crippen LogP contribution in [0.2, 0.25) is 5.02 Å². The highest BCUT2D eigenvalue weighted by Crippen LogP contribution is 2.23. The van der Waals surface area contributed by atoms with Crippen LogP contribution in [0, 0.1) is 5.41 Å². The lowest BCUT2D eigenvalue weighted by atomic mass is 9.85. The Balaban J connectivity index is 1.88. The van der Waals surface area contributed by atoms with Crippen molar-refractivity contribution >= 4 is 17.5 Å². The topological polar surface area (TPSA) is 59.8 Å². The molecule has 2 rings (SSSR count). The quantitative estimate of drug-likeness (QED) is 0.833. The fraction of sp³-hybridized carbons (Fsp3) is 0.500. The van der Waals surface area contributed by atoms with E-state index < -0.39 is 5.41 Å². The molecule has 0 fully saturated rings. The van der Waals surface area contributed by atoms with E-state index in [1.54, 1.807) is 6.33 Å². The normalized spacial score (nSPS) is 11.8. The van der Waals surface area contributed by atoms with Crippen LogP contribution in [-0.4, -0.2) is 27.2 Å². The van der Waals surface area contributed by atoms with Crippen molar-refractivity contribution in [2.24, 2.45) is 5.41 Å². The molecule has 1 aromatic carbocycles. The molecule has 0 aliphatic carbocycles. The highest BCUT2D eigenvalue weighted by Gasteiger charge is 2.27. The van der Waals surface area contributed by atoms with Crippen LogP contribution < -0.4 is 5.32 Å². The summed E-state index contributed by atoms with van der Waals surface area (Å²) in [5.74, 6) is 1.28. The van der Waals surface area contributed by atoms with Crippen LogP contribution >= 0.6 is 11.6 Å². The van der Waals surface area contributed by atoms with Gasteiger partial charge in [-0.05, 0) is 24.1 Å². The summed E-state index contributed by atoms with van der Waals surface area (Å²) >= 11 is 5.91. The van der Waals surface area contributed by atoms with Crippen LogP contribution in [0.1, 0.15) is 45.0 Å². The summed E-state index contributed by atoms with van der Waals surface area (Å²) in [7, 11) is 0. The smallest absolute Gasteiger partial charge is 0.226 e. The molecule has 0 aliphatic heterocycles. The van der Waals surface area contributed by atoms with E-state index in [2.05, 4.69) is 29.4 Å². The van der Waals surface area contributed by atoms with Gasteiger partial charge in [0.2, 0.25) is 5.91 Å². The number of hydrogen-bond acceptors (Lipinski definition) is 3. The Morgan fingerprint density at radius 3 is 2.58 bits per heavy atom. The zero-order valence-corrected chi connectivity index (χ0v) is 15.5. The average molecular weight is 349 g/mol. The van der Waals surface area contributed by atoms with Crippen LogP contribution in [0.4, 0.5) is 0 Å². The van der Waals surface area contributed by atoms with Gasteiger partial charge in [0.05, 0.1) is 0 Å². The third-order valence-electron chi connectivity index (χ3n) is 3.97. The molecule has 0 bridgehead atoms. The predicted octanol–water partition coefficient (Wildman–Crippen LogP) is 3.44. The molecule has 0 atom stereocenters. The molecular formula is C18H25ClN4O. The second-order valence-electron chi connectivity index (χ2n) is 6.98. The molecule has 1 amide bonds. The van der Waals surface area contributed by atoms with Gasteiger partial charge in [0.25, 0.3) is 0 Å². The minimum Gasteiger partial charge on any atom is -0.354 e. The Morgan fingerprint density at radius 2 is 1.96 bits per heavy atom. The van der Waals surface area contributed by atoms with Gasteiger partial charge < -0.3 is 9.88 Å². The highest BCUT2D eigenvalue weighted by molar-refractivity contribution is 6.30. The van der Waals surface area contributed by atoms with Gasteiger partial charge in [0.15, 0.2) is 0 Å². The van der Waals surface area contributed by atoms with E-state index in [4.69, 9.17) is 11.6 Å². The van der Waals surface area contributed by atoms with Crippen molar-refractivity contribution in [3.05, 3.63) is 47.0 Å². The van der Waals surface area contributed by atoms with Gasteiger partial charge in [0.1, 0.15) is 12.2 Å². The number of carbonyl (C=O) groups excluding carboxylic acids is 1. The maximum absolute atomic E-state index is 12.5. The standard InChI is InChI=1S/C18H25ClN4O/c1-13(2)16-22-21-12-23(16)10-9-20-17(24)18(3,4)11-14-5-7-15(19)8-6-14/h5-8,12-13H,9-11H2,1-4H3,(H,20,24). The molecule has 1 aromatic heterocycles. The second-order valence-corrected chi connectivity index (χ2v) is 7.42. The van der Waals surface area contributed by atoms with Crippen molar-refractivity contribution in [1.29, 1.82) is 0 Å².